The zero-order valence-electron chi connectivity index (χ0n) is 14.4. The summed E-state index contributed by atoms with van der Waals surface area (Å²) in [5, 5.41) is 6.61. The molecule has 5 nitrogen and oxygen atoms in total. The van der Waals surface area contributed by atoms with Crippen LogP contribution in [0.2, 0.25) is 5.02 Å². The Labute approximate surface area is 157 Å². The quantitative estimate of drug-likeness (QED) is 0.662. The van der Waals surface area contributed by atoms with Gasteiger partial charge in [-0.25, -0.2) is 4.98 Å². The number of nitrogens with one attached hydrogen (secondary N) is 2. The van der Waals surface area contributed by atoms with Crippen molar-refractivity contribution in [1.82, 2.24) is 4.98 Å². The van der Waals surface area contributed by atoms with E-state index < -0.39 is 0 Å². The minimum absolute atomic E-state index is 0.206. The van der Waals surface area contributed by atoms with Crippen molar-refractivity contribution >= 4 is 34.7 Å². The van der Waals surface area contributed by atoms with Gasteiger partial charge >= 0.3 is 0 Å². The maximum atomic E-state index is 12.5. The summed E-state index contributed by atoms with van der Waals surface area (Å²) in [7, 11) is 1.58. The Morgan fingerprint density at radius 1 is 1.08 bits per heavy atom. The number of nitrogens with zero attached hydrogens (tertiary/aromatic N) is 1. The Hall–Kier alpha value is -3.05. The fraction of sp³-hybridized carbons (Fsp3) is 0.100. The van der Waals surface area contributed by atoms with Gasteiger partial charge in [0.2, 0.25) is 0 Å². The number of aryl methyl sites for hydroxylation is 1. The molecule has 3 aromatic rings. The number of para-hydroxylation sites is 1. The molecule has 2 N–H and O–H groups in total. The molecule has 0 fully saturated rings. The fourth-order valence-electron chi connectivity index (χ4n) is 2.46. The van der Waals surface area contributed by atoms with Crippen molar-refractivity contribution in [2.24, 2.45) is 0 Å². The number of pyridine rings is 1. The highest BCUT2D eigenvalue weighted by molar-refractivity contribution is 6.31. The number of anilines is 3. The van der Waals surface area contributed by atoms with Gasteiger partial charge in [-0.15, -0.1) is 0 Å². The van der Waals surface area contributed by atoms with E-state index in [2.05, 4.69) is 15.6 Å². The van der Waals surface area contributed by atoms with Crippen LogP contribution in [0.25, 0.3) is 0 Å². The third-order valence-electron chi connectivity index (χ3n) is 3.84. The number of benzene rings is 2. The molecule has 1 heterocycles. The molecule has 26 heavy (non-hydrogen) atoms. The Balaban J connectivity index is 1.81. The first-order valence-electron chi connectivity index (χ1n) is 8.00. The van der Waals surface area contributed by atoms with Crippen molar-refractivity contribution < 1.29 is 9.53 Å². The van der Waals surface area contributed by atoms with Gasteiger partial charge in [-0.2, -0.15) is 0 Å². The van der Waals surface area contributed by atoms with Crippen LogP contribution in [0, 0.1) is 6.92 Å². The smallest absolute Gasteiger partial charge is 0.255 e. The zero-order valence-corrected chi connectivity index (χ0v) is 15.2. The lowest BCUT2D eigenvalue weighted by molar-refractivity contribution is 0.102. The van der Waals surface area contributed by atoms with E-state index in [9.17, 15) is 4.79 Å². The van der Waals surface area contributed by atoms with Gasteiger partial charge in [0, 0.05) is 22.5 Å². The first-order valence-corrected chi connectivity index (χ1v) is 8.38. The van der Waals surface area contributed by atoms with Gasteiger partial charge < -0.3 is 15.4 Å². The number of amides is 1. The first-order chi connectivity index (χ1) is 12.6. The Morgan fingerprint density at radius 3 is 2.65 bits per heavy atom. The van der Waals surface area contributed by atoms with Crippen LogP contribution >= 0.6 is 11.6 Å². The summed E-state index contributed by atoms with van der Waals surface area (Å²) in [6, 6.07) is 16.2. The number of ether oxygens (including phenoxy) is 1. The van der Waals surface area contributed by atoms with Crippen molar-refractivity contribution in [1.29, 1.82) is 0 Å². The molecule has 1 aromatic heterocycles. The van der Waals surface area contributed by atoms with Crippen molar-refractivity contribution in [3.8, 4) is 5.75 Å². The largest absolute Gasteiger partial charge is 0.495 e. The van der Waals surface area contributed by atoms with E-state index >= 15 is 0 Å². The average molecular weight is 368 g/mol. The monoisotopic (exact) mass is 367 g/mol. The number of methoxy groups -OCH3 is 1. The molecule has 6 heteroatoms. The average Bonchev–Trinajstić information content (AvgIpc) is 2.64. The van der Waals surface area contributed by atoms with Crippen LogP contribution in [-0.2, 0) is 0 Å². The van der Waals surface area contributed by atoms with Crippen LogP contribution in [0.4, 0.5) is 17.2 Å². The zero-order chi connectivity index (χ0) is 18.5. The van der Waals surface area contributed by atoms with E-state index in [1.54, 1.807) is 43.6 Å². The summed E-state index contributed by atoms with van der Waals surface area (Å²) >= 11 is 6.05. The molecular weight excluding hydrogens is 350 g/mol. The standard InChI is InChI=1S/C20H18ClN3O2/c1-13-5-3-4-6-16(13)24-20(25)14-9-10-22-19(11-14)23-17-12-15(21)7-8-18(17)26-2/h3-12H,1-2H3,(H,22,23)(H,24,25). The van der Waals surface area contributed by atoms with Gasteiger partial charge in [0.25, 0.3) is 5.91 Å². The lowest BCUT2D eigenvalue weighted by atomic mass is 10.2. The molecule has 0 aliphatic rings. The molecule has 2 aromatic carbocycles. The second-order valence-electron chi connectivity index (χ2n) is 5.67. The number of rotatable bonds is 5. The maximum absolute atomic E-state index is 12.5. The van der Waals surface area contributed by atoms with Crippen LogP contribution in [-0.4, -0.2) is 18.0 Å². The predicted molar refractivity (Wildman–Crippen MR) is 105 cm³/mol. The maximum Gasteiger partial charge on any atom is 0.255 e. The number of hydrogen-bond acceptors (Lipinski definition) is 4. The van der Waals surface area contributed by atoms with E-state index in [1.807, 2.05) is 31.2 Å². The minimum atomic E-state index is -0.206. The van der Waals surface area contributed by atoms with Crippen molar-refractivity contribution in [3.63, 3.8) is 0 Å². The molecule has 0 saturated carbocycles. The second kappa shape index (κ2) is 7.89. The van der Waals surface area contributed by atoms with E-state index in [1.165, 1.54) is 0 Å². The van der Waals surface area contributed by atoms with Crippen molar-refractivity contribution in [2.45, 2.75) is 6.92 Å². The molecule has 0 unspecified atom stereocenters. The van der Waals surface area contributed by atoms with Gasteiger partial charge in [-0.3, -0.25) is 4.79 Å². The second-order valence-corrected chi connectivity index (χ2v) is 6.10. The number of halogens is 1. The summed E-state index contributed by atoms with van der Waals surface area (Å²) in [6.45, 7) is 1.95. The first kappa shape index (κ1) is 17.8. The SMILES string of the molecule is COc1ccc(Cl)cc1Nc1cc(C(=O)Nc2ccccc2C)ccn1. The Kier molecular flexibility index (Phi) is 5.39. The fourth-order valence-corrected chi connectivity index (χ4v) is 2.64. The van der Waals surface area contributed by atoms with Crippen molar-refractivity contribution in [2.75, 3.05) is 17.7 Å². The summed E-state index contributed by atoms with van der Waals surface area (Å²) in [6.07, 6.45) is 1.58. The van der Waals surface area contributed by atoms with Crippen LogP contribution in [0.3, 0.4) is 0 Å². The number of hydrogen-bond donors (Lipinski definition) is 2. The summed E-state index contributed by atoms with van der Waals surface area (Å²) in [4.78, 5) is 16.8. The van der Waals surface area contributed by atoms with Gasteiger partial charge in [-0.05, 0) is 48.9 Å². The number of carbonyl (C=O) groups excluding carboxylic acids is 1. The topological polar surface area (TPSA) is 63.2 Å². The predicted octanol–water partition coefficient (Wildman–Crippen LogP) is 5.05. The molecule has 3 rings (SSSR count). The molecule has 0 atom stereocenters. The molecule has 132 valence electrons. The van der Waals surface area contributed by atoms with Crippen molar-refractivity contribution in [3.05, 3.63) is 76.9 Å². The van der Waals surface area contributed by atoms with E-state index in [0.717, 1.165) is 11.3 Å². The van der Waals surface area contributed by atoms with E-state index in [4.69, 9.17) is 16.3 Å². The van der Waals surface area contributed by atoms with E-state index in [-0.39, 0.29) is 5.91 Å². The summed E-state index contributed by atoms with van der Waals surface area (Å²) in [5.74, 6) is 0.941. The Bertz CT molecular complexity index is 944. The highest BCUT2D eigenvalue weighted by Crippen LogP contribution is 2.30. The third kappa shape index (κ3) is 4.13. The van der Waals surface area contributed by atoms with Gasteiger partial charge in [0.1, 0.15) is 11.6 Å². The van der Waals surface area contributed by atoms with Crippen LogP contribution in [0.15, 0.2) is 60.8 Å². The van der Waals surface area contributed by atoms with Crippen LogP contribution < -0.4 is 15.4 Å². The highest BCUT2D eigenvalue weighted by Gasteiger charge is 2.10. The minimum Gasteiger partial charge on any atom is -0.495 e. The molecule has 0 aliphatic heterocycles. The third-order valence-corrected chi connectivity index (χ3v) is 4.07. The molecular formula is C20H18ClN3O2. The lowest BCUT2D eigenvalue weighted by Gasteiger charge is -2.12. The highest BCUT2D eigenvalue weighted by atomic mass is 35.5. The van der Waals surface area contributed by atoms with Gasteiger partial charge in [0.15, 0.2) is 0 Å². The molecule has 0 saturated heterocycles. The molecule has 0 bridgehead atoms. The molecule has 1 amide bonds. The van der Waals surface area contributed by atoms with Crippen LogP contribution in [0.1, 0.15) is 15.9 Å². The normalized spacial score (nSPS) is 10.3. The molecule has 0 spiro atoms. The molecule has 0 radical (unpaired) electrons. The number of aromatic nitrogens is 1. The summed E-state index contributed by atoms with van der Waals surface area (Å²) in [5.41, 5.74) is 2.94. The lowest BCUT2D eigenvalue weighted by Crippen LogP contribution is -2.13. The van der Waals surface area contributed by atoms with Gasteiger partial charge in [-0.1, -0.05) is 29.8 Å². The molecule has 0 aliphatic carbocycles. The van der Waals surface area contributed by atoms with E-state index in [0.29, 0.717) is 27.8 Å². The summed E-state index contributed by atoms with van der Waals surface area (Å²) < 4.78 is 5.31. The number of carbonyl (C=O) groups is 1. The van der Waals surface area contributed by atoms with Crippen LogP contribution in [0.5, 0.6) is 5.75 Å². The Morgan fingerprint density at radius 2 is 1.88 bits per heavy atom. The van der Waals surface area contributed by atoms with Gasteiger partial charge in [0.05, 0.1) is 12.8 Å².